The van der Waals surface area contributed by atoms with E-state index in [4.69, 9.17) is 5.73 Å². The summed E-state index contributed by atoms with van der Waals surface area (Å²) in [6, 6.07) is 10.5. The van der Waals surface area contributed by atoms with Crippen molar-refractivity contribution in [3.05, 3.63) is 53.9 Å². The highest BCUT2D eigenvalue weighted by Gasteiger charge is 2.02. The minimum atomic E-state index is 0.525. The van der Waals surface area contributed by atoms with Crippen LogP contribution in [0.4, 0.5) is 0 Å². The molecule has 2 aromatic rings. The smallest absolute Gasteiger partial charge is 0.0318 e. The SMILES string of the molecule is Cc1ccc(-c2ccncc2CN)cc1. The van der Waals surface area contributed by atoms with Crippen LogP contribution in [0.15, 0.2) is 42.7 Å². The van der Waals surface area contributed by atoms with Crippen LogP contribution in [0.5, 0.6) is 0 Å². The number of nitrogens with two attached hydrogens (primary N) is 1. The minimum absolute atomic E-state index is 0.525. The number of aromatic nitrogens is 1. The molecule has 0 spiro atoms. The number of nitrogens with zero attached hydrogens (tertiary/aromatic N) is 1. The standard InChI is InChI=1S/C13H14N2/c1-10-2-4-11(5-3-10)13-6-7-15-9-12(13)8-14/h2-7,9H,8,14H2,1H3. The van der Waals surface area contributed by atoms with Crippen molar-refractivity contribution in [3.63, 3.8) is 0 Å². The fraction of sp³-hybridized carbons (Fsp3) is 0.154. The van der Waals surface area contributed by atoms with Gasteiger partial charge in [0.2, 0.25) is 0 Å². The van der Waals surface area contributed by atoms with Crippen LogP contribution in [0, 0.1) is 6.92 Å². The molecule has 15 heavy (non-hydrogen) atoms. The summed E-state index contributed by atoms with van der Waals surface area (Å²) in [6.07, 6.45) is 3.63. The van der Waals surface area contributed by atoms with Gasteiger partial charge in [-0.1, -0.05) is 29.8 Å². The van der Waals surface area contributed by atoms with E-state index in [2.05, 4.69) is 36.2 Å². The number of pyridine rings is 1. The Hall–Kier alpha value is -1.67. The molecule has 2 rings (SSSR count). The van der Waals surface area contributed by atoms with Crippen molar-refractivity contribution in [2.45, 2.75) is 13.5 Å². The molecule has 2 heteroatoms. The van der Waals surface area contributed by atoms with Gasteiger partial charge in [0.05, 0.1) is 0 Å². The highest BCUT2D eigenvalue weighted by molar-refractivity contribution is 5.66. The second-order valence-corrected chi connectivity index (χ2v) is 3.60. The van der Waals surface area contributed by atoms with Gasteiger partial charge >= 0.3 is 0 Å². The molecular weight excluding hydrogens is 184 g/mol. The van der Waals surface area contributed by atoms with Gasteiger partial charge in [0, 0.05) is 18.9 Å². The summed E-state index contributed by atoms with van der Waals surface area (Å²) in [7, 11) is 0. The molecule has 1 aromatic carbocycles. The third-order valence-corrected chi connectivity index (χ3v) is 2.49. The van der Waals surface area contributed by atoms with Crippen LogP contribution >= 0.6 is 0 Å². The average Bonchev–Trinajstić information content (AvgIpc) is 2.30. The molecule has 0 saturated heterocycles. The van der Waals surface area contributed by atoms with Crippen molar-refractivity contribution in [1.29, 1.82) is 0 Å². The molecule has 0 fully saturated rings. The Morgan fingerprint density at radius 1 is 1.13 bits per heavy atom. The third-order valence-electron chi connectivity index (χ3n) is 2.49. The molecule has 1 heterocycles. The monoisotopic (exact) mass is 198 g/mol. The van der Waals surface area contributed by atoms with E-state index in [0.717, 1.165) is 5.56 Å². The van der Waals surface area contributed by atoms with E-state index in [-0.39, 0.29) is 0 Å². The van der Waals surface area contributed by atoms with Crippen LogP contribution in [-0.4, -0.2) is 4.98 Å². The maximum absolute atomic E-state index is 5.68. The second-order valence-electron chi connectivity index (χ2n) is 3.60. The van der Waals surface area contributed by atoms with Crippen LogP contribution in [0.2, 0.25) is 0 Å². The van der Waals surface area contributed by atoms with Gasteiger partial charge in [-0.2, -0.15) is 0 Å². The fourth-order valence-corrected chi connectivity index (χ4v) is 1.60. The van der Waals surface area contributed by atoms with Crippen molar-refractivity contribution in [2.24, 2.45) is 5.73 Å². The van der Waals surface area contributed by atoms with Gasteiger partial charge in [0.25, 0.3) is 0 Å². The van der Waals surface area contributed by atoms with Gasteiger partial charge < -0.3 is 5.73 Å². The Kier molecular flexibility index (Phi) is 2.79. The topological polar surface area (TPSA) is 38.9 Å². The summed E-state index contributed by atoms with van der Waals surface area (Å²) >= 11 is 0. The van der Waals surface area contributed by atoms with E-state index < -0.39 is 0 Å². The predicted molar refractivity (Wildman–Crippen MR) is 62.3 cm³/mol. The molecule has 0 radical (unpaired) electrons. The first kappa shape index (κ1) is 9.87. The number of hydrogen-bond donors (Lipinski definition) is 1. The van der Waals surface area contributed by atoms with E-state index in [1.165, 1.54) is 16.7 Å². The highest BCUT2D eigenvalue weighted by Crippen LogP contribution is 2.22. The maximum atomic E-state index is 5.68. The zero-order chi connectivity index (χ0) is 10.7. The van der Waals surface area contributed by atoms with Crippen molar-refractivity contribution < 1.29 is 0 Å². The van der Waals surface area contributed by atoms with Gasteiger partial charge in [-0.3, -0.25) is 4.98 Å². The Morgan fingerprint density at radius 3 is 2.53 bits per heavy atom. The number of hydrogen-bond acceptors (Lipinski definition) is 2. The summed E-state index contributed by atoms with van der Waals surface area (Å²) in [5.41, 5.74) is 10.4. The third kappa shape index (κ3) is 2.05. The number of aryl methyl sites for hydroxylation is 1. The van der Waals surface area contributed by atoms with Crippen molar-refractivity contribution in [1.82, 2.24) is 4.98 Å². The van der Waals surface area contributed by atoms with Gasteiger partial charge in [0.15, 0.2) is 0 Å². The first-order valence-corrected chi connectivity index (χ1v) is 5.01. The summed E-state index contributed by atoms with van der Waals surface area (Å²) in [5.74, 6) is 0. The maximum Gasteiger partial charge on any atom is 0.0318 e. The Labute approximate surface area is 89.8 Å². The van der Waals surface area contributed by atoms with Crippen molar-refractivity contribution in [2.75, 3.05) is 0 Å². The number of rotatable bonds is 2. The quantitative estimate of drug-likeness (QED) is 0.805. The average molecular weight is 198 g/mol. The lowest BCUT2D eigenvalue weighted by Crippen LogP contribution is -1.99. The molecule has 0 bridgehead atoms. The van der Waals surface area contributed by atoms with E-state index in [9.17, 15) is 0 Å². The molecule has 0 aliphatic heterocycles. The normalized spacial score (nSPS) is 10.3. The summed E-state index contributed by atoms with van der Waals surface area (Å²) in [4.78, 5) is 4.08. The Bertz CT molecular complexity index is 446. The molecule has 76 valence electrons. The molecule has 1 aromatic heterocycles. The van der Waals surface area contributed by atoms with Crippen molar-refractivity contribution in [3.8, 4) is 11.1 Å². The Morgan fingerprint density at radius 2 is 1.87 bits per heavy atom. The van der Waals surface area contributed by atoms with E-state index in [0.29, 0.717) is 6.54 Å². The van der Waals surface area contributed by atoms with E-state index >= 15 is 0 Å². The van der Waals surface area contributed by atoms with Crippen molar-refractivity contribution >= 4 is 0 Å². The lowest BCUT2D eigenvalue weighted by atomic mass is 10.0. The van der Waals surface area contributed by atoms with Gasteiger partial charge in [0.1, 0.15) is 0 Å². The zero-order valence-corrected chi connectivity index (χ0v) is 8.77. The highest BCUT2D eigenvalue weighted by atomic mass is 14.6. The summed E-state index contributed by atoms with van der Waals surface area (Å²) in [6.45, 7) is 2.61. The molecule has 2 nitrogen and oxygen atoms in total. The zero-order valence-electron chi connectivity index (χ0n) is 8.77. The second kappa shape index (κ2) is 4.24. The summed E-state index contributed by atoms with van der Waals surface area (Å²) < 4.78 is 0. The first-order valence-electron chi connectivity index (χ1n) is 5.01. The fourth-order valence-electron chi connectivity index (χ4n) is 1.60. The lowest BCUT2D eigenvalue weighted by Gasteiger charge is -2.07. The number of benzene rings is 1. The molecular formula is C13H14N2. The first-order chi connectivity index (χ1) is 7.31. The predicted octanol–water partition coefficient (Wildman–Crippen LogP) is 2.52. The van der Waals surface area contributed by atoms with Gasteiger partial charge in [-0.25, -0.2) is 0 Å². The molecule has 0 saturated carbocycles. The van der Waals surface area contributed by atoms with E-state index in [1.54, 1.807) is 6.20 Å². The van der Waals surface area contributed by atoms with Crippen LogP contribution in [0.3, 0.4) is 0 Å². The molecule has 0 atom stereocenters. The van der Waals surface area contributed by atoms with E-state index in [1.807, 2.05) is 12.3 Å². The Balaban J connectivity index is 2.49. The minimum Gasteiger partial charge on any atom is -0.326 e. The molecule has 0 unspecified atom stereocenters. The van der Waals surface area contributed by atoms with Gasteiger partial charge in [-0.15, -0.1) is 0 Å². The van der Waals surface area contributed by atoms with Crippen LogP contribution in [0.1, 0.15) is 11.1 Å². The molecule has 0 amide bonds. The van der Waals surface area contributed by atoms with Crippen LogP contribution < -0.4 is 5.73 Å². The lowest BCUT2D eigenvalue weighted by molar-refractivity contribution is 1.05. The molecule has 2 N–H and O–H groups in total. The summed E-state index contributed by atoms with van der Waals surface area (Å²) in [5, 5.41) is 0. The molecule has 0 aliphatic rings. The van der Waals surface area contributed by atoms with Crippen LogP contribution in [-0.2, 0) is 6.54 Å². The van der Waals surface area contributed by atoms with Gasteiger partial charge in [-0.05, 0) is 29.7 Å². The van der Waals surface area contributed by atoms with Crippen LogP contribution in [0.25, 0.3) is 11.1 Å². The largest absolute Gasteiger partial charge is 0.326 e. The molecule has 0 aliphatic carbocycles.